The van der Waals surface area contributed by atoms with Crippen LogP contribution in [0.1, 0.15) is 32.5 Å². The van der Waals surface area contributed by atoms with Crippen LogP contribution in [0, 0.1) is 0 Å². The number of carbonyl (C=O) groups excluding carboxylic acids is 2. The van der Waals surface area contributed by atoms with E-state index in [-0.39, 0.29) is 11.8 Å². The third kappa shape index (κ3) is 3.69. The number of ether oxygens (including phenoxy) is 1. The minimum atomic E-state index is 0.0144. The van der Waals surface area contributed by atoms with Gasteiger partial charge >= 0.3 is 0 Å². The molecule has 0 aliphatic carbocycles. The third-order valence-electron chi connectivity index (χ3n) is 4.49. The van der Waals surface area contributed by atoms with Crippen molar-refractivity contribution in [1.82, 2.24) is 9.80 Å². The van der Waals surface area contributed by atoms with E-state index in [1.165, 1.54) is 11.3 Å². The van der Waals surface area contributed by atoms with Crippen LogP contribution in [0.25, 0.3) is 0 Å². The standard InChI is InChI=1S/C19H22N2O3S/c1-3-14-13-15(6-7-16(14)24-2)18(22)20-8-10-21(11-9-20)19(23)17-5-4-12-25-17/h4-7,12-13H,3,8-11H2,1-2H3. The lowest BCUT2D eigenvalue weighted by Crippen LogP contribution is -2.50. The van der Waals surface area contributed by atoms with Crippen molar-refractivity contribution in [3.05, 3.63) is 51.7 Å². The molecule has 132 valence electrons. The number of nitrogens with zero attached hydrogens (tertiary/aromatic N) is 2. The molecule has 1 aliphatic rings. The zero-order valence-corrected chi connectivity index (χ0v) is 15.3. The Kier molecular flexibility index (Phi) is 5.38. The van der Waals surface area contributed by atoms with Gasteiger partial charge in [-0.2, -0.15) is 0 Å². The van der Waals surface area contributed by atoms with Crippen LogP contribution in [0.15, 0.2) is 35.7 Å². The second kappa shape index (κ2) is 7.70. The van der Waals surface area contributed by atoms with Gasteiger partial charge in [0.05, 0.1) is 12.0 Å². The second-order valence-electron chi connectivity index (χ2n) is 5.94. The number of piperazine rings is 1. The monoisotopic (exact) mass is 358 g/mol. The lowest BCUT2D eigenvalue weighted by molar-refractivity contribution is 0.0538. The molecule has 0 radical (unpaired) electrons. The van der Waals surface area contributed by atoms with Crippen molar-refractivity contribution < 1.29 is 14.3 Å². The van der Waals surface area contributed by atoms with Crippen molar-refractivity contribution in [2.24, 2.45) is 0 Å². The van der Waals surface area contributed by atoms with E-state index in [4.69, 9.17) is 4.74 Å². The zero-order chi connectivity index (χ0) is 17.8. The van der Waals surface area contributed by atoms with Crippen LogP contribution in [0.2, 0.25) is 0 Å². The summed E-state index contributed by atoms with van der Waals surface area (Å²) in [5.74, 6) is 0.880. The summed E-state index contributed by atoms with van der Waals surface area (Å²) in [5, 5.41) is 1.90. The first kappa shape index (κ1) is 17.5. The molecule has 5 nitrogen and oxygen atoms in total. The number of amides is 2. The summed E-state index contributed by atoms with van der Waals surface area (Å²) >= 11 is 1.45. The highest BCUT2D eigenvalue weighted by Crippen LogP contribution is 2.22. The van der Waals surface area contributed by atoms with Gasteiger partial charge in [-0.3, -0.25) is 9.59 Å². The van der Waals surface area contributed by atoms with Crippen LogP contribution < -0.4 is 4.74 Å². The van der Waals surface area contributed by atoms with Gasteiger partial charge in [0.1, 0.15) is 5.75 Å². The average molecular weight is 358 g/mol. The lowest BCUT2D eigenvalue weighted by atomic mass is 10.1. The van der Waals surface area contributed by atoms with E-state index in [1.807, 2.05) is 52.4 Å². The van der Waals surface area contributed by atoms with Gasteiger partial charge in [-0.1, -0.05) is 13.0 Å². The lowest BCUT2D eigenvalue weighted by Gasteiger charge is -2.34. The Morgan fingerprint density at radius 2 is 1.76 bits per heavy atom. The summed E-state index contributed by atoms with van der Waals surface area (Å²) < 4.78 is 5.32. The number of benzene rings is 1. The molecule has 1 aliphatic heterocycles. The van der Waals surface area contributed by atoms with Crippen LogP contribution >= 0.6 is 11.3 Å². The van der Waals surface area contributed by atoms with Gasteiger partial charge in [-0.15, -0.1) is 11.3 Å². The highest BCUT2D eigenvalue weighted by atomic mass is 32.1. The molecule has 25 heavy (non-hydrogen) atoms. The Labute approximate surface area is 151 Å². The maximum Gasteiger partial charge on any atom is 0.264 e. The van der Waals surface area contributed by atoms with Crippen molar-refractivity contribution >= 4 is 23.2 Å². The number of hydrogen-bond acceptors (Lipinski definition) is 4. The maximum absolute atomic E-state index is 12.8. The smallest absolute Gasteiger partial charge is 0.264 e. The molecule has 2 aromatic rings. The van der Waals surface area contributed by atoms with E-state index in [2.05, 4.69) is 0 Å². The Morgan fingerprint density at radius 3 is 2.32 bits per heavy atom. The number of carbonyl (C=O) groups is 2. The van der Waals surface area contributed by atoms with E-state index < -0.39 is 0 Å². The Balaban J connectivity index is 1.64. The predicted molar refractivity (Wildman–Crippen MR) is 98.5 cm³/mol. The Morgan fingerprint density at radius 1 is 1.08 bits per heavy atom. The van der Waals surface area contributed by atoms with E-state index in [1.54, 1.807) is 7.11 Å². The molecule has 0 bridgehead atoms. The van der Waals surface area contributed by atoms with Gasteiger partial charge in [-0.05, 0) is 41.6 Å². The van der Waals surface area contributed by atoms with Crippen molar-refractivity contribution in [1.29, 1.82) is 0 Å². The van der Waals surface area contributed by atoms with E-state index in [0.29, 0.717) is 31.7 Å². The number of thiophene rings is 1. The number of aryl methyl sites for hydroxylation is 1. The summed E-state index contributed by atoms with van der Waals surface area (Å²) in [7, 11) is 1.64. The minimum absolute atomic E-state index is 0.0144. The molecule has 0 unspecified atom stereocenters. The SMILES string of the molecule is CCc1cc(C(=O)N2CCN(C(=O)c3cccs3)CC2)ccc1OC. The predicted octanol–water partition coefficient (Wildman–Crippen LogP) is 2.92. The first-order valence-electron chi connectivity index (χ1n) is 8.43. The van der Waals surface area contributed by atoms with Gasteiger partial charge in [0, 0.05) is 31.7 Å². The first-order valence-corrected chi connectivity index (χ1v) is 9.31. The van der Waals surface area contributed by atoms with Crippen LogP contribution in [-0.2, 0) is 6.42 Å². The van der Waals surface area contributed by atoms with Crippen LogP contribution in [0.3, 0.4) is 0 Å². The molecular formula is C19H22N2O3S. The Bertz CT molecular complexity index is 750. The molecule has 0 atom stereocenters. The van der Waals surface area contributed by atoms with Crippen molar-refractivity contribution in [2.75, 3.05) is 33.3 Å². The van der Waals surface area contributed by atoms with Gasteiger partial charge in [0.25, 0.3) is 11.8 Å². The maximum atomic E-state index is 12.8. The van der Waals surface area contributed by atoms with Gasteiger partial charge in [0.2, 0.25) is 0 Å². The minimum Gasteiger partial charge on any atom is -0.496 e. The first-order chi connectivity index (χ1) is 12.1. The normalized spacial score (nSPS) is 14.5. The summed E-state index contributed by atoms with van der Waals surface area (Å²) in [6.45, 7) is 4.30. The van der Waals surface area contributed by atoms with Gasteiger partial charge in [0.15, 0.2) is 0 Å². The van der Waals surface area contributed by atoms with Crippen molar-refractivity contribution in [3.63, 3.8) is 0 Å². The topological polar surface area (TPSA) is 49.9 Å². The molecule has 1 aromatic heterocycles. The van der Waals surface area contributed by atoms with Crippen molar-refractivity contribution in [3.8, 4) is 5.75 Å². The fourth-order valence-electron chi connectivity index (χ4n) is 3.04. The molecule has 1 fully saturated rings. The van der Waals surface area contributed by atoms with Crippen LogP contribution in [-0.4, -0.2) is 54.9 Å². The largest absolute Gasteiger partial charge is 0.496 e. The number of rotatable bonds is 4. The molecule has 0 saturated carbocycles. The molecule has 6 heteroatoms. The molecule has 1 saturated heterocycles. The number of hydrogen-bond donors (Lipinski definition) is 0. The summed E-state index contributed by atoms with van der Waals surface area (Å²) in [4.78, 5) is 29.5. The molecular weight excluding hydrogens is 336 g/mol. The average Bonchev–Trinajstić information content (AvgIpc) is 3.21. The fourth-order valence-corrected chi connectivity index (χ4v) is 3.73. The van der Waals surface area contributed by atoms with Crippen molar-refractivity contribution in [2.45, 2.75) is 13.3 Å². The molecule has 1 aromatic carbocycles. The Hall–Kier alpha value is -2.34. The molecule has 0 N–H and O–H groups in total. The van der Waals surface area contributed by atoms with Crippen LogP contribution in [0.5, 0.6) is 5.75 Å². The molecule has 2 heterocycles. The summed E-state index contributed by atoms with van der Waals surface area (Å²) in [6.07, 6.45) is 0.813. The highest BCUT2D eigenvalue weighted by molar-refractivity contribution is 7.12. The van der Waals surface area contributed by atoms with Gasteiger partial charge in [-0.25, -0.2) is 0 Å². The highest BCUT2D eigenvalue weighted by Gasteiger charge is 2.26. The van der Waals surface area contributed by atoms with Gasteiger partial charge < -0.3 is 14.5 Å². The molecule has 2 amide bonds. The number of methoxy groups -OCH3 is 1. The summed E-state index contributed by atoms with van der Waals surface area (Å²) in [6, 6.07) is 9.29. The third-order valence-corrected chi connectivity index (χ3v) is 5.35. The summed E-state index contributed by atoms with van der Waals surface area (Å²) in [5.41, 5.74) is 1.70. The molecule has 3 rings (SSSR count). The zero-order valence-electron chi connectivity index (χ0n) is 14.5. The second-order valence-corrected chi connectivity index (χ2v) is 6.89. The fraction of sp³-hybridized carbons (Fsp3) is 0.368. The molecule has 0 spiro atoms. The van der Waals surface area contributed by atoms with E-state index in [9.17, 15) is 9.59 Å². The van der Waals surface area contributed by atoms with E-state index in [0.717, 1.165) is 22.6 Å². The van der Waals surface area contributed by atoms with Crippen LogP contribution in [0.4, 0.5) is 0 Å². The quantitative estimate of drug-likeness (QED) is 0.844. The van der Waals surface area contributed by atoms with E-state index >= 15 is 0 Å².